The molecule has 0 fully saturated rings. The number of aromatic amines is 1. The summed E-state index contributed by atoms with van der Waals surface area (Å²) in [6.45, 7) is 4.07. The van der Waals surface area contributed by atoms with Gasteiger partial charge in [0, 0.05) is 10.2 Å². The number of benzene rings is 1. The molecule has 0 amide bonds. The molecule has 0 spiro atoms. The first-order chi connectivity index (χ1) is 9.61. The second kappa shape index (κ2) is 5.58. The largest absolute Gasteiger partial charge is 0.331 e. The Morgan fingerprint density at radius 1 is 1.15 bits per heavy atom. The summed E-state index contributed by atoms with van der Waals surface area (Å²) < 4.78 is 1.00. The molecular formula is C15H14BrN3S. The predicted molar refractivity (Wildman–Crippen MR) is 87.1 cm³/mol. The lowest BCUT2D eigenvalue weighted by Gasteiger charge is -1.99. The molecule has 0 bridgehead atoms. The van der Waals surface area contributed by atoms with Gasteiger partial charge in [0.25, 0.3) is 0 Å². The van der Waals surface area contributed by atoms with Gasteiger partial charge in [0.15, 0.2) is 10.8 Å². The predicted octanol–water partition coefficient (Wildman–Crippen LogP) is 4.63. The fraction of sp³-hybridized carbons (Fsp3) is 0.200. The Hall–Kier alpha value is -1.33. The number of halogens is 1. The van der Waals surface area contributed by atoms with Crippen LogP contribution in [0.1, 0.15) is 16.8 Å². The van der Waals surface area contributed by atoms with Crippen LogP contribution >= 0.6 is 27.7 Å². The second-order valence-electron chi connectivity index (χ2n) is 4.74. The zero-order valence-corrected chi connectivity index (χ0v) is 13.7. The van der Waals surface area contributed by atoms with E-state index in [1.54, 1.807) is 11.8 Å². The molecule has 0 aliphatic rings. The number of aryl methyl sites for hydroxylation is 2. The standard InChI is InChI=1S/C15H14BrN3S/c1-9-3-5-11(6-4-9)8-20-15-18-13-7-12(16)10(2)17-14(13)19-15/h3-7H,8H2,1-2H3,(H,17,18,19). The Bertz CT molecular complexity index is 711. The molecule has 0 unspecified atom stereocenters. The Labute approximate surface area is 130 Å². The van der Waals surface area contributed by atoms with Crippen LogP contribution in [0.5, 0.6) is 0 Å². The van der Waals surface area contributed by atoms with Gasteiger partial charge in [-0.1, -0.05) is 41.6 Å². The number of rotatable bonds is 3. The maximum atomic E-state index is 4.52. The fourth-order valence-electron chi connectivity index (χ4n) is 1.89. The number of aromatic nitrogens is 3. The number of thioether (sulfide) groups is 1. The smallest absolute Gasteiger partial charge is 0.178 e. The summed E-state index contributed by atoms with van der Waals surface area (Å²) >= 11 is 5.19. The molecule has 3 aromatic rings. The van der Waals surface area contributed by atoms with Gasteiger partial charge in [-0.05, 0) is 41.4 Å². The van der Waals surface area contributed by atoms with Gasteiger partial charge in [-0.3, -0.25) is 0 Å². The molecule has 20 heavy (non-hydrogen) atoms. The topological polar surface area (TPSA) is 41.6 Å². The number of hydrogen-bond acceptors (Lipinski definition) is 3. The monoisotopic (exact) mass is 347 g/mol. The van der Waals surface area contributed by atoms with Crippen LogP contribution in [-0.2, 0) is 5.75 Å². The van der Waals surface area contributed by atoms with Gasteiger partial charge in [-0.25, -0.2) is 9.97 Å². The molecule has 1 N–H and O–H groups in total. The summed E-state index contributed by atoms with van der Waals surface area (Å²) in [7, 11) is 0. The first kappa shape index (κ1) is 13.6. The maximum Gasteiger partial charge on any atom is 0.178 e. The van der Waals surface area contributed by atoms with Crippen LogP contribution in [0.25, 0.3) is 11.2 Å². The molecule has 5 heteroatoms. The van der Waals surface area contributed by atoms with Crippen LogP contribution in [0, 0.1) is 13.8 Å². The van der Waals surface area contributed by atoms with Crippen molar-refractivity contribution in [1.82, 2.24) is 15.0 Å². The minimum atomic E-state index is 0.775. The zero-order valence-electron chi connectivity index (χ0n) is 11.3. The number of hydrogen-bond donors (Lipinski definition) is 1. The molecule has 2 heterocycles. The lowest BCUT2D eigenvalue weighted by Crippen LogP contribution is -1.83. The molecule has 3 rings (SSSR count). The zero-order chi connectivity index (χ0) is 14.1. The van der Waals surface area contributed by atoms with Crippen molar-refractivity contribution >= 4 is 38.9 Å². The van der Waals surface area contributed by atoms with E-state index in [0.717, 1.165) is 32.2 Å². The summed E-state index contributed by atoms with van der Waals surface area (Å²) in [5.41, 5.74) is 5.28. The van der Waals surface area contributed by atoms with Crippen molar-refractivity contribution in [3.63, 3.8) is 0 Å². The number of H-pyrrole nitrogens is 1. The molecule has 0 saturated carbocycles. The van der Waals surface area contributed by atoms with Crippen LogP contribution in [0.4, 0.5) is 0 Å². The lowest BCUT2D eigenvalue weighted by molar-refractivity contribution is 1.07. The number of imidazole rings is 1. The van der Waals surface area contributed by atoms with Crippen molar-refractivity contribution in [2.24, 2.45) is 0 Å². The van der Waals surface area contributed by atoms with E-state index in [0.29, 0.717) is 0 Å². The van der Waals surface area contributed by atoms with E-state index in [9.17, 15) is 0 Å². The molecular weight excluding hydrogens is 334 g/mol. The van der Waals surface area contributed by atoms with Gasteiger partial charge >= 0.3 is 0 Å². The molecule has 1 aromatic carbocycles. The Balaban J connectivity index is 1.79. The van der Waals surface area contributed by atoms with E-state index >= 15 is 0 Å². The van der Waals surface area contributed by atoms with E-state index in [-0.39, 0.29) is 0 Å². The van der Waals surface area contributed by atoms with Gasteiger partial charge in [0.2, 0.25) is 0 Å². The fourth-order valence-corrected chi connectivity index (χ4v) is 3.04. The first-order valence-electron chi connectivity index (χ1n) is 6.33. The van der Waals surface area contributed by atoms with Crippen molar-refractivity contribution in [2.45, 2.75) is 24.8 Å². The average Bonchev–Trinajstić information content (AvgIpc) is 2.80. The van der Waals surface area contributed by atoms with Crippen molar-refractivity contribution in [1.29, 1.82) is 0 Å². The second-order valence-corrected chi connectivity index (χ2v) is 6.56. The van der Waals surface area contributed by atoms with E-state index < -0.39 is 0 Å². The summed E-state index contributed by atoms with van der Waals surface area (Å²) in [5, 5.41) is 0.908. The molecule has 3 nitrogen and oxygen atoms in total. The van der Waals surface area contributed by atoms with Crippen molar-refractivity contribution in [2.75, 3.05) is 0 Å². The molecule has 0 aliphatic carbocycles. The number of fused-ring (bicyclic) bond motifs is 1. The van der Waals surface area contributed by atoms with Gasteiger partial charge in [-0.2, -0.15) is 0 Å². The third kappa shape index (κ3) is 2.88. The van der Waals surface area contributed by atoms with Crippen LogP contribution in [0.3, 0.4) is 0 Å². The van der Waals surface area contributed by atoms with Crippen molar-refractivity contribution in [3.05, 3.63) is 51.6 Å². The van der Waals surface area contributed by atoms with Crippen LogP contribution in [-0.4, -0.2) is 15.0 Å². The molecule has 0 atom stereocenters. The van der Waals surface area contributed by atoms with Gasteiger partial charge in [0.1, 0.15) is 0 Å². The summed E-state index contributed by atoms with van der Waals surface area (Å²) in [6.07, 6.45) is 0. The summed E-state index contributed by atoms with van der Waals surface area (Å²) in [6, 6.07) is 10.6. The van der Waals surface area contributed by atoms with Gasteiger partial charge < -0.3 is 4.98 Å². The highest BCUT2D eigenvalue weighted by Gasteiger charge is 2.07. The summed E-state index contributed by atoms with van der Waals surface area (Å²) in [4.78, 5) is 12.3. The van der Waals surface area contributed by atoms with E-state index in [1.165, 1.54) is 11.1 Å². The Morgan fingerprint density at radius 3 is 2.65 bits per heavy atom. The SMILES string of the molecule is Cc1ccc(CSc2nc3nc(C)c(Br)cc3[nH]2)cc1. The van der Waals surface area contributed by atoms with E-state index in [4.69, 9.17) is 0 Å². The minimum Gasteiger partial charge on any atom is -0.331 e. The van der Waals surface area contributed by atoms with Crippen LogP contribution in [0.15, 0.2) is 40.0 Å². The maximum absolute atomic E-state index is 4.52. The third-order valence-corrected chi connectivity index (χ3v) is 4.82. The Morgan fingerprint density at radius 2 is 1.90 bits per heavy atom. The minimum absolute atomic E-state index is 0.775. The molecule has 2 aromatic heterocycles. The molecule has 0 aliphatic heterocycles. The highest BCUT2D eigenvalue weighted by molar-refractivity contribution is 9.10. The average molecular weight is 348 g/mol. The Kier molecular flexibility index (Phi) is 3.81. The molecule has 102 valence electrons. The van der Waals surface area contributed by atoms with Crippen molar-refractivity contribution in [3.8, 4) is 0 Å². The number of pyridine rings is 1. The first-order valence-corrected chi connectivity index (χ1v) is 8.11. The summed E-state index contributed by atoms with van der Waals surface area (Å²) in [5.74, 6) is 0.903. The third-order valence-electron chi connectivity index (χ3n) is 3.08. The van der Waals surface area contributed by atoms with Crippen molar-refractivity contribution < 1.29 is 0 Å². The lowest BCUT2D eigenvalue weighted by atomic mass is 10.2. The molecule has 0 radical (unpaired) electrons. The van der Waals surface area contributed by atoms with E-state index in [1.807, 2.05) is 13.0 Å². The molecule has 0 saturated heterocycles. The number of nitrogens with one attached hydrogen (secondary N) is 1. The quantitative estimate of drug-likeness (QED) is 0.702. The highest BCUT2D eigenvalue weighted by Crippen LogP contribution is 2.25. The van der Waals surface area contributed by atoms with E-state index in [2.05, 4.69) is 62.1 Å². The van der Waals surface area contributed by atoms with Gasteiger partial charge in [0.05, 0.1) is 11.2 Å². The highest BCUT2D eigenvalue weighted by atomic mass is 79.9. The van der Waals surface area contributed by atoms with Crippen LogP contribution in [0.2, 0.25) is 0 Å². The number of nitrogens with zero attached hydrogens (tertiary/aromatic N) is 2. The van der Waals surface area contributed by atoms with Gasteiger partial charge in [-0.15, -0.1) is 0 Å². The normalized spacial score (nSPS) is 11.2. The van der Waals surface area contributed by atoms with Crippen LogP contribution < -0.4 is 0 Å².